The molecule has 0 aromatic carbocycles. The largest absolute Gasteiger partial charge is 0.485 e. The maximum absolute atomic E-state index is 5.25. The predicted molar refractivity (Wildman–Crippen MR) is 59.0 cm³/mol. The van der Waals surface area contributed by atoms with Crippen LogP contribution in [0, 0.1) is 0 Å². The van der Waals surface area contributed by atoms with Crippen molar-refractivity contribution in [2.75, 3.05) is 0 Å². The molecule has 0 bridgehead atoms. The van der Waals surface area contributed by atoms with E-state index in [1.165, 1.54) is 0 Å². The summed E-state index contributed by atoms with van der Waals surface area (Å²) in [6.07, 6.45) is -6.42. The van der Waals surface area contributed by atoms with E-state index in [0.29, 0.717) is 0 Å². The molecule has 10 heteroatoms. The van der Waals surface area contributed by atoms with Gasteiger partial charge in [0.15, 0.2) is 0 Å². The van der Waals surface area contributed by atoms with Crippen LogP contribution in [0.2, 0.25) is 0 Å². The molecule has 0 aliphatic heterocycles. The third-order valence-electron chi connectivity index (χ3n) is 0.231. The van der Waals surface area contributed by atoms with Crippen LogP contribution >= 0.6 is 66.5 Å². The summed E-state index contributed by atoms with van der Waals surface area (Å²) in [5.41, 5.74) is 0. The summed E-state index contributed by atoms with van der Waals surface area (Å²) in [5, 5.41) is 0. The van der Waals surface area contributed by atoms with Crippen molar-refractivity contribution >= 4 is 89.9 Å². The minimum absolute atomic E-state index is 0. The second kappa shape index (κ2) is 5.16. The highest BCUT2D eigenvalue weighted by Gasteiger charge is 2.41. The van der Waals surface area contributed by atoms with Crippen molar-refractivity contribution < 1.29 is 4.12 Å². The normalized spacial score (nSPS) is 12.6. The molecule has 0 aliphatic rings. The molecule has 0 unspecified atom stereocenters. The summed E-state index contributed by atoms with van der Waals surface area (Å²) in [6.45, 7) is 0. The van der Waals surface area contributed by atoms with Gasteiger partial charge in [0, 0.05) is 0 Å². The van der Waals surface area contributed by atoms with Gasteiger partial charge in [-0.15, -0.1) is 0 Å². The molecule has 0 saturated heterocycles. The molecule has 0 radical (unpaired) electrons. The van der Waals surface area contributed by atoms with Crippen molar-refractivity contribution in [3.8, 4) is 0 Å². The topological polar surface area (TPSA) is 9.23 Å². The first-order valence-electron chi connectivity index (χ1n) is 1.54. The average Bonchev–Trinajstić information content (AvgIpc) is 1.14. The van der Waals surface area contributed by atoms with Crippen molar-refractivity contribution in [3.63, 3.8) is 0 Å². The van der Waals surface area contributed by atoms with E-state index in [9.17, 15) is 0 Å². The number of halogens is 6. The Bertz CT molecular complexity index is 78.1. The van der Waals surface area contributed by atoms with Gasteiger partial charge in [0.05, 0.1) is 0 Å². The van der Waals surface area contributed by atoms with Crippen LogP contribution in [0.5, 0.6) is 0 Å². The summed E-state index contributed by atoms with van der Waals surface area (Å²) in [6, 6.07) is 0. The monoisotopic (exact) mass is 314 g/mol. The van der Waals surface area contributed by atoms with Gasteiger partial charge < -0.3 is 4.12 Å². The lowest BCUT2D eigenvalue weighted by atomic mass is 15.8. The third kappa shape index (κ3) is 13.0. The fourth-order valence-corrected chi connectivity index (χ4v) is 10.6. The van der Waals surface area contributed by atoms with Crippen molar-refractivity contribution in [2.24, 2.45) is 0 Å². The van der Waals surface area contributed by atoms with Crippen LogP contribution in [0.3, 0.4) is 0 Å². The predicted octanol–water partition coefficient (Wildman–Crippen LogP) is 1.86. The Morgan fingerprint density at radius 2 is 0.900 bits per heavy atom. The van der Waals surface area contributed by atoms with Crippen LogP contribution in [0.1, 0.15) is 0 Å². The molecule has 0 amide bonds. The zero-order chi connectivity index (χ0) is 7.71. The highest BCUT2D eigenvalue weighted by molar-refractivity contribution is 7.69. The van der Waals surface area contributed by atoms with Gasteiger partial charge in [-0.2, -0.15) is 0 Å². The average molecular weight is 317 g/mol. The molecule has 0 atom stereocenters. The van der Waals surface area contributed by atoms with Gasteiger partial charge in [-0.1, -0.05) is 66.5 Å². The molecule has 0 rings (SSSR count). The van der Waals surface area contributed by atoms with Crippen LogP contribution in [0.25, 0.3) is 0 Å². The van der Waals surface area contributed by atoms with Crippen molar-refractivity contribution in [3.05, 3.63) is 0 Å². The zero-order valence-corrected chi connectivity index (χ0v) is 10.2. The molecule has 0 spiro atoms. The van der Waals surface area contributed by atoms with Gasteiger partial charge in [-0.25, -0.2) is 0 Å². The quantitative estimate of drug-likeness (QED) is 0.558. The Morgan fingerprint density at radius 1 is 0.700 bits per heavy atom. The Kier molecular flexibility index (Phi) is 7.66. The summed E-state index contributed by atoms with van der Waals surface area (Å²) in [5.74, 6) is 0. The first kappa shape index (κ1) is 14.9. The molecular formula is H4Cl6OSi3. The van der Waals surface area contributed by atoms with E-state index in [1.54, 1.807) is 0 Å². The molecule has 0 aliphatic carbocycles. The zero-order valence-electron chi connectivity index (χ0n) is 3.68. The fourth-order valence-electron chi connectivity index (χ4n) is 0.131. The highest BCUT2D eigenvalue weighted by Crippen LogP contribution is 2.32. The lowest BCUT2D eigenvalue weighted by Crippen LogP contribution is -2.29. The molecule has 0 heterocycles. The first-order chi connectivity index (χ1) is 3.71. The molecule has 10 heavy (non-hydrogen) atoms. The standard InChI is InChI=1S/Cl6OSi2.H4Si/c1-8(2,3)7-9(4,5)6;/h;1H4. The second-order valence-electron chi connectivity index (χ2n) is 0.994. The molecule has 0 saturated carbocycles. The fraction of sp³-hybridized carbons (Fsp3) is 0. The van der Waals surface area contributed by atoms with E-state index in [0.717, 1.165) is 0 Å². The molecule has 0 aromatic heterocycles. The summed E-state index contributed by atoms with van der Waals surface area (Å²) in [4.78, 5) is 0. The molecule has 0 fully saturated rings. The Hall–Kier alpha value is 2.35. The van der Waals surface area contributed by atoms with Crippen LogP contribution < -0.4 is 0 Å². The maximum atomic E-state index is 5.25. The summed E-state index contributed by atoms with van der Waals surface area (Å²) < 4.78 is 4.50. The maximum Gasteiger partial charge on any atom is 0.485 e. The van der Waals surface area contributed by atoms with Gasteiger partial charge in [0.2, 0.25) is 0 Å². The van der Waals surface area contributed by atoms with E-state index < -0.39 is 12.5 Å². The van der Waals surface area contributed by atoms with Crippen molar-refractivity contribution in [1.29, 1.82) is 0 Å². The van der Waals surface area contributed by atoms with Gasteiger partial charge in [0.1, 0.15) is 0 Å². The summed E-state index contributed by atoms with van der Waals surface area (Å²) >= 11 is 31.5. The molecular weight excluding hydrogens is 313 g/mol. The van der Waals surface area contributed by atoms with Crippen LogP contribution in [-0.2, 0) is 4.12 Å². The third-order valence-corrected chi connectivity index (χ3v) is 6.25. The Balaban J connectivity index is 0. The van der Waals surface area contributed by atoms with Crippen LogP contribution in [-0.4, -0.2) is 23.5 Å². The smallest absolute Gasteiger partial charge is 0.387 e. The SMILES string of the molecule is Cl[Si](Cl)(Cl)O[Si](Cl)(Cl)Cl.[SiH4]. The van der Waals surface area contributed by atoms with Gasteiger partial charge in [-0.3, -0.25) is 0 Å². The molecule has 0 aromatic rings. The van der Waals surface area contributed by atoms with Crippen LogP contribution in [0.15, 0.2) is 0 Å². The lowest BCUT2D eigenvalue weighted by Gasteiger charge is -2.13. The Labute approximate surface area is 93.3 Å². The van der Waals surface area contributed by atoms with Crippen molar-refractivity contribution in [1.82, 2.24) is 0 Å². The highest BCUT2D eigenvalue weighted by atomic mass is 35.9. The first-order valence-corrected chi connectivity index (χ1v) is 11.4. The van der Waals surface area contributed by atoms with E-state index in [-0.39, 0.29) is 11.0 Å². The number of hydrogen-bond donors (Lipinski definition) is 0. The van der Waals surface area contributed by atoms with E-state index in [4.69, 9.17) is 66.5 Å². The number of hydrogen-bond acceptors (Lipinski definition) is 1. The number of rotatable bonds is 2. The van der Waals surface area contributed by atoms with Gasteiger partial charge in [-0.05, 0) is 11.0 Å². The van der Waals surface area contributed by atoms with Gasteiger partial charge in [0.25, 0.3) is 0 Å². The lowest BCUT2D eigenvalue weighted by molar-refractivity contribution is 0.644. The minimum Gasteiger partial charge on any atom is -0.387 e. The van der Waals surface area contributed by atoms with E-state index in [2.05, 4.69) is 4.12 Å². The second-order valence-corrected chi connectivity index (χ2v) is 16.7. The summed E-state index contributed by atoms with van der Waals surface area (Å²) in [7, 11) is 0. The van der Waals surface area contributed by atoms with Crippen molar-refractivity contribution in [2.45, 2.75) is 0 Å². The van der Waals surface area contributed by atoms with Gasteiger partial charge >= 0.3 is 12.5 Å². The molecule has 1 nitrogen and oxygen atoms in total. The Morgan fingerprint density at radius 3 is 0.900 bits per heavy atom. The minimum atomic E-state index is -3.21. The molecule has 64 valence electrons. The van der Waals surface area contributed by atoms with E-state index in [1.807, 2.05) is 0 Å². The molecule has 0 N–H and O–H groups in total. The van der Waals surface area contributed by atoms with Crippen LogP contribution in [0.4, 0.5) is 0 Å². The van der Waals surface area contributed by atoms with E-state index >= 15 is 0 Å².